The summed E-state index contributed by atoms with van der Waals surface area (Å²) in [5, 5.41) is 2.07. The minimum atomic E-state index is -0.339. The van der Waals surface area contributed by atoms with E-state index in [1.807, 2.05) is 6.07 Å². The number of thiophene rings is 1. The van der Waals surface area contributed by atoms with Crippen LogP contribution >= 0.6 is 11.3 Å². The number of methoxy groups -OCH3 is 1. The molecule has 0 aliphatic carbocycles. The Labute approximate surface area is 117 Å². The molecule has 2 nitrogen and oxygen atoms in total. The van der Waals surface area contributed by atoms with Crippen LogP contribution in [0.3, 0.4) is 0 Å². The van der Waals surface area contributed by atoms with Crippen molar-refractivity contribution in [3.05, 3.63) is 52.0 Å². The topological polar surface area (TPSA) is 35.2 Å². The lowest BCUT2D eigenvalue weighted by molar-refractivity contribution is 0.381. The van der Waals surface area contributed by atoms with Crippen molar-refractivity contribution in [2.75, 3.05) is 7.11 Å². The molecule has 2 N–H and O–H groups in total. The van der Waals surface area contributed by atoms with Gasteiger partial charge in [-0.2, -0.15) is 0 Å². The number of rotatable bonds is 6. The predicted octanol–water partition coefficient (Wildman–Crippen LogP) is 3.92. The first-order valence-electron chi connectivity index (χ1n) is 6.32. The molecule has 102 valence electrons. The third-order valence-electron chi connectivity index (χ3n) is 3.13. The second-order valence-electron chi connectivity index (χ2n) is 4.44. The van der Waals surface area contributed by atoms with Crippen molar-refractivity contribution in [3.63, 3.8) is 0 Å². The maximum Gasteiger partial charge on any atom is 0.169 e. The molecule has 0 amide bonds. The van der Waals surface area contributed by atoms with Gasteiger partial charge in [-0.3, -0.25) is 0 Å². The molecule has 0 spiro atoms. The van der Waals surface area contributed by atoms with E-state index in [0.717, 1.165) is 19.3 Å². The number of nitrogens with two attached hydrogens (primary N) is 1. The molecule has 19 heavy (non-hydrogen) atoms. The summed E-state index contributed by atoms with van der Waals surface area (Å²) < 4.78 is 19.0. The standard InChI is InChI=1S/C15H18FNOS/c1-18-14-9-3-7-12(15(14)16)13(17)8-2-5-11-6-4-10-19-11/h3-4,6-7,9-10,13H,2,5,8,17H2,1H3. The first-order valence-corrected chi connectivity index (χ1v) is 7.20. The van der Waals surface area contributed by atoms with Crippen molar-refractivity contribution in [2.45, 2.75) is 25.3 Å². The lowest BCUT2D eigenvalue weighted by Crippen LogP contribution is -2.12. The molecule has 0 aliphatic heterocycles. The van der Waals surface area contributed by atoms with Crippen LogP contribution in [0.25, 0.3) is 0 Å². The van der Waals surface area contributed by atoms with Crippen LogP contribution in [0, 0.1) is 5.82 Å². The molecule has 1 atom stereocenters. The van der Waals surface area contributed by atoms with Crippen LogP contribution in [0.5, 0.6) is 5.75 Å². The Bertz CT molecular complexity index is 513. The second-order valence-corrected chi connectivity index (χ2v) is 5.47. The number of hydrogen-bond acceptors (Lipinski definition) is 3. The van der Waals surface area contributed by atoms with Crippen LogP contribution < -0.4 is 10.5 Å². The van der Waals surface area contributed by atoms with Gasteiger partial charge in [0.25, 0.3) is 0 Å². The summed E-state index contributed by atoms with van der Waals surface area (Å²) in [7, 11) is 1.46. The Morgan fingerprint density at radius 2 is 2.16 bits per heavy atom. The minimum absolute atomic E-state index is 0.256. The van der Waals surface area contributed by atoms with Crippen molar-refractivity contribution >= 4 is 11.3 Å². The fraction of sp³-hybridized carbons (Fsp3) is 0.333. The fourth-order valence-electron chi connectivity index (χ4n) is 2.08. The lowest BCUT2D eigenvalue weighted by Gasteiger charge is -2.14. The van der Waals surface area contributed by atoms with Crippen molar-refractivity contribution in [1.29, 1.82) is 0 Å². The summed E-state index contributed by atoms with van der Waals surface area (Å²) in [4.78, 5) is 1.35. The van der Waals surface area contributed by atoms with E-state index in [0.29, 0.717) is 5.56 Å². The van der Waals surface area contributed by atoms with Gasteiger partial charge in [-0.25, -0.2) is 4.39 Å². The fourth-order valence-corrected chi connectivity index (χ4v) is 2.83. The first kappa shape index (κ1) is 14.0. The number of halogens is 1. The normalized spacial score (nSPS) is 12.4. The number of hydrogen-bond donors (Lipinski definition) is 1. The van der Waals surface area contributed by atoms with Gasteiger partial charge in [0.15, 0.2) is 11.6 Å². The maximum atomic E-state index is 14.0. The van der Waals surface area contributed by atoms with E-state index in [4.69, 9.17) is 10.5 Å². The van der Waals surface area contributed by atoms with E-state index in [1.54, 1.807) is 29.5 Å². The van der Waals surface area contributed by atoms with E-state index >= 15 is 0 Å². The average molecular weight is 279 g/mol. The van der Waals surface area contributed by atoms with E-state index < -0.39 is 0 Å². The van der Waals surface area contributed by atoms with Gasteiger partial charge in [0.2, 0.25) is 0 Å². The van der Waals surface area contributed by atoms with Crippen molar-refractivity contribution in [1.82, 2.24) is 0 Å². The Morgan fingerprint density at radius 1 is 1.32 bits per heavy atom. The van der Waals surface area contributed by atoms with E-state index in [-0.39, 0.29) is 17.6 Å². The maximum absolute atomic E-state index is 14.0. The van der Waals surface area contributed by atoms with Gasteiger partial charge in [0, 0.05) is 16.5 Å². The number of benzene rings is 1. The molecule has 1 aromatic heterocycles. The van der Waals surface area contributed by atoms with Gasteiger partial charge in [0.05, 0.1) is 7.11 Å². The molecular formula is C15H18FNOS. The van der Waals surface area contributed by atoms with Gasteiger partial charge in [-0.1, -0.05) is 18.2 Å². The number of aryl methyl sites for hydroxylation is 1. The third-order valence-corrected chi connectivity index (χ3v) is 4.07. The number of ether oxygens (including phenoxy) is 1. The molecule has 1 unspecified atom stereocenters. The molecule has 0 radical (unpaired) electrons. The molecule has 0 aliphatic rings. The van der Waals surface area contributed by atoms with Gasteiger partial charge in [-0.15, -0.1) is 11.3 Å². The molecular weight excluding hydrogens is 261 g/mol. The highest BCUT2D eigenvalue weighted by molar-refractivity contribution is 7.09. The zero-order valence-corrected chi connectivity index (χ0v) is 11.8. The van der Waals surface area contributed by atoms with Crippen molar-refractivity contribution < 1.29 is 9.13 Å². The average Bonchev–Trinajstić information content (AvgIpc) is 2.92. The van der Waals surface area contributed by atoms with Crippen molar-refractivity contribution in [3.8, 4) is 5.75 Å². The van der Waals surface area contributed by atoms with Gasteiger partial charge in [0.1, 0.15) is 0 Å². The van der Waals surface area contributed by atoms with Crippen molar-refractivity contribution in [2.24, 2.45) is 5.73 Å². The third kappa shape index (κ3) is 3.55. The van der Waals surface area contributed by atoms with Crippen LogP contribution in [0.4, 0.5) is 4.39 Å². The molecule has 1 aromatic carbocycles. The molecule has 0 saturated heterocycles. The molecule has 0 fully saturated rings. The zero-order chi connectivity index (χ0) is 13.7. The Balaban J connectivity index is 1.94. The first-order chi connectivity index (χ1) is 9.22. The predicted molar refractivity (Wildman–Crippen MR) is 77.1 cm³/mol. The molecule has 2 rings (SSSR count). The van der Waals surface area contributed by atoms with Crippen LogP contribution in [-0.2, 0) is 6.42 Å². The summed E-state index contributed by atoms with van der Waals surface area (Å²) in [5.74, 6) is -0.0835. The minimum Gasteiger partial charge on any atom is -0.494 e. The Morgan fingerprint density at radius 3 is 2.84 bits per heavy atom. The highest BCUT2D eigenvalue weighted by Crippen LogP contribution is 2.26. The SMILES string of the molecule is COc1cccc(C(N)CCCc2cccs2)c1F. The van der Waals surface area contributed by atoms with Crippen LogP contribution in [0.15, 0.2) is 35.7 Å². The molecule has 4 heteroatoms. The lowest BCUT2D eigenvalue weighted by atomic mass is 10.0. The molecule has 0 bridgehead atoms. The Hall–Kier alpha value is -1.39. The van der Waals surface area contributed by atoms with Crippen LogP contribution in [0.2, 0.25) is 0 Å². The monoisotopic (exact) mass is 279 g/mol. The van der Waals surface area contributed by atoms with Gasteiger partial charge < -0.3 is 10.5 Å². The van der Waals surface area contributed by atoms with Crippen LogP contribution in [0.1, 0.15) is 29.3 Å². The second kappa shape index (κ2) is 6.68. The molecule has 1 heterocycles. The summed E-state index contributed by atoms with van der Waals surface area (Å²) in [6, 6.07) is 8.99. The molecule has 0 saturated carbocycles. The quantitative estimate of drug-likeness (QED) is 0.870. The largest absolute Gasteiger partial charge is 0.494 e. The van der Waals surface area contributed by atoms with Crippen LogP contribution in [-0.4, -0.2) is 7.11 Å². The van der Waals surface area contributed by atoms with Gasteiger partial charge >= 0.3 is 0 Å². The summed E-state index contributed by atoms with van der Waals surface area (Å²) >= 11 is 1.74. The highest BCUT2D eigenvalue weighted by atomic mass is 32.1. The molecule has 2 aromatic rings. The van der Waals surface area contributed by atoms with E-state index in [9.17, 15) is 4.39 Å². The Kier molecular flexibility index (Phi) is 4.93. The van der Waals surface area contributed by atoms with E-state index in [2.05, 4.69) is 11.4 Å². The highest BCUT2D eigenvalue weighted by Gasteiger charge is 2.14. The smallest absolute Gasteiger partial charge is 0.169 e. The van der Waals surface area contributed by atoms with Gasteiger partial charge in [-0.05, 0) is 36.8 Å². The summed E-state index contributed by atoms with van der Waals surface area (Å²) in [6.45, 7) is 0. The van der Waals surface area contributed by atoms with E-state index in [1.165, 1.54) is 12.0 Å². The summed E-state index contributed by atoms with van der Waals surface area (Å²) in [6.07, 6.45) is 2.72. The zero-order valence-electron chi connectivity index (χ0n) is 10.9. The summed E-state index contributed by atoms with van der Waals surface area (Å²) in [5.41, 5.74) is 6.60.